The zero-order chi connectivity index (χ0) is 32.3. The molecule has 3 atom stereocenters. The van der Waals surface area contributed by atoms with Crippen molar-refractivity contribution < 1.29 is 19.0 Å². The van der Waals surface area contributed by atoms with Crippen LogP contribution in [0.2, 0.25) is 0 Å². The first-order chi connectivity index (χ1) is 22.1. The van der Waals surface area contributed by atoms with Crippen molar-refractivity contribution in [2.75, 3.05) is 13.2 Å². The molecule has 1 N–H and O–H groups in total. The van der Waals surface area contributed by atoms with Crippen molar-refractivity contribution in [1.82, 2.24) is 29.4 Å². The van der Waals surface area contributed by atoms with E-state index in [1.807, 2.05) is 67.5 Å². The summed E-state index contributed by atoms with van der Waals surface area (Å²) in [6.45, 7) is 9.75. The summed E-state index contributed by atoms with van der Waals surface area (Å²) in [7, 11) is 1.89. The highest BCUT2D eigenvalue weighted by Gasteiger charge is 2.34. The van der Waals surface area contributed by atoms with Gasteiger partial charge in [-0.3, -0.25) is 14.2 Å². The van der Waals surface area contributed by atoms with E-state index in [1.165, 1.54) is 23.5 Å². The van der Waals surface area contributed by atoms with E-state index in [4.69, 9.17) is 14.8 Å². The topological polar surface area (TPSA) is 98.3 Å². The van der Waals surface area contributed by atoms with Crippen LogP contribution in [-0.2, 0) is 11.8 Å². The summed E-state index contributed by atoms with van der Waals surface area (Å²) in [6, 6.07) is 14.3. The van der Waals surface area contributed by atoms with Crippen LogP contribution in [0.3, 0.4) is 0 Å². The van der Waals surface area contributed by atoms with Crippen molar-refractivity contribution in [1.29, 1.82) is 0 Å². The molecule has 0 unspecified atom stereocenters. The van der Waals surface area contributed by atoms with Crippen LogP contribution in [-0.4, -0.2) is 59.7 Å². The summed E-state index contributed by atoms with van der Waals surface area (Å²) < 4.78 is 26.6. The molecule has 1 aliphatic heterocycles. The van der Waals surface area contributed by atoms with Crippen LogP contribution >= 0.6 is 11.3 Å². The molecule has 4 aromatic heterocycles. The first-order valence-corrected chi connectivity index (χ1v) is 16.0. The lowest BCUT2D eigenvalue weighted by atomic mass is 9.96. The van der Waals surface area contributed by atoms with E-state index >= 15 is 4.39 Å². The summed E-state index contributed by atoms with van der Waals surface area (Å²) in [6.07, 6.45) is 2.55. The molecule has 9 nitrogen and oxygen atoms in total. The van der Waals surface area contributed by atoms with Crippen LogP contribution in [0.1, 0.15) is 38.5 Å². The molecule has 2 aromatic carbocycles. The van der Waals surface area contributed by atoms with E-state index in [2.05, 4.69) is 11.7 Å². The fourth-order valence-corrected chi connectivity index (χ4v) is 7.24. The molecule has 6 aromatic rings. The average molecular weight is 637 g/mol. The first kappa shape index (κ1) is 29.8. The molecule has 0 fully saturated rings. The number of hydrogen-bond acceptors (Lipinski definition) is 7. The highest BCUT2D eigenvalue weighted by Crippen LogP contribution is 2.47. The number of amides is 1. The van der Waals surface area contributed by atoms with Crippen molar-refractivity contribution in [3.8, 4) is 39.5 Å². The quantitative estimate of drug-likeness (QED) is 0.191. The molecule has 11 heteroatoms. The monoisotopic (exact) mass is 636 g/mol. The van der Waals surface area contributed by atoms with Gasteiger partial charge in [-0.1, -0.05) is 24.8 Å². The molecule has 1 amide bonds. The van der Waals surface area contributed by atoms with E-state index in [9.17, 15) is 9.90 Å². The third kappa shape index (κ3) is 4.96. The molecule has 234 valence electrons. The van der Waals surface area contributed by atoms with Gasteiger partial charge in [0.1, 0.15) is 29.6 Å². The zero-order valence-electron chi connectivity index (χ0n) is 25.9. The molecule has 7 rings (SSSR count). The fourth-order valence-electron chi connectivity index (χ4n) is 6.29. The zero-order valence-corrected chi connectivity index (χ0v) is 26.8. The molecule has 5 heterocycles. The van der Waals surface area contributed by atoms with Gasteiger partial charge in [0.15, 0.2) is 0 Å². The number of aliphatic hydroxyl groups excluding tert-OH is 1. The van der Waals surface area contributed by atoms with Gasteiger partial charge in [0.05, 0.1) is 40.7 Å². The van der Waals surface area contributed by atoms with Gasteiger partial charge in [0.2, 0.25) is 5.91 Å². The van der Waals surface area contributed by atoms with E-state index in [0.717, 1.165) is 37.9 Å². The lowest BCUT2D eigenvalue weighted by Crippen LogP contribution is -2.42. The van der Waals surface area contributed by atoms with Gasteiger partial charge < -0.3 is 14.7 Å². The number of halogens is 1. The molecule has 0 radical (unpaired) electrons. The normalized spacial score (nSPS) is 17.0. The van der Waals surface area contributed by atoms with Crippen LogP contribution in [0.15, 0.2) is 72.8 Å². The number of aromatic nitrogens is 5. The van der Waals surface area contributed by atoms with Gasteiger partial charge in [-0.25, -0.2) is 9.37 Å². The Morgan fingerprint density at radius 3 is 2.78 bits per heavy atom. The number of carbonyl (C=O) groups is 1. The highest BCUT2D eigenvalue weighted by molar-refractivity contribution is 7.18. The molecule has 0 saturated heterocycles. The minimum absolute atomic E-state index is 0.00402. The summed E-state index contributed by atoms with van der Waals surface area (Å²) in [4.78, 5) is 19.8. The molecule has 1 aliphatic rings. The van der Waals surface area contributed by atoms with E-state index in [-0.39, 0.29) is 30.2 Å². The smallest absolute Gasteiger partial charge is 0.246 e. The van der Waals surface area contributed by atoms with Gasteiger partial charge in [-0.05, 0) is 62.6 Å². The van der Waals surface area contributed by atoms with E-state index in [0.29, 0.717) is 29.2 Å². The third-order valence-corrected chi connectivity index (χ3v) is 9.38. The van der Waals surface area contributed by atoms with Crippen LogP contribution in [0.4, 0.5) is 4.39 Å². The van der Waals surface area contributed by atoms with Gasteiger partial charge in [0.25, 0.3) is 0 Å². The number of pyridine rings is 1. The summed E-state index contributed by atoms with van der Waals surface area (Å²) >= 11 is 1.49. The number of fused-ring (bicyclic) bond motifs is 3. The number of benzene rings is 2. The third-order valence-electron chi connectivity index (χ3n) is 8.45. The Morgan fingerprint density at radius 1 is 1.17 bits per heavy atom. The number of thiophene rings is 1. The van der Waals surface area contributed by atoms with E-state index < -0.39 is 11.9 Å². The average Bonchev–Trinajstić information content (AvgIpc) is 3.79. The predicted octanol–water partition coefficient (Wildman–Crippen LogP) is 6.93. The number of rotatable bonds is 7. The second-order valence-corrected chi connectivity index (χ2v) is 12.7. The molecular weight excluding hydrogens is 603 g/mol. The Labute approximate surface area is 269 Å². The van der Waals surface area contributed by atoms with Crippen molar-refractivity contribution in [2.45, 2.75) is 39.0 Å². The Morgan fingerprint density at radius 2 is 2.00 bits per heavy atom. The molecular formula is C35H33FN6O3S. The minimum Gasteiger partial charge on any atom is -0.490 e. The van der Waals surface area contributed by atoms with Crippen molar-refractivity contribution in [2.24, 2.45) is 7.05 Å². The molecule has 46 heavy (non-hydrogen) atoms. The second-order valence-electron chi connectivity index (χ2n) is 11.8. The van der Waals surface area contributed by atoms with Crippen molar-refractivity contribution >= 4 is 38.2 Å². The maximum atomic E-state index is 16.1. The number of aryl methyl sites for hydroxylation is 1. The Bertz CT molecular complexity index is 2150. The summed E-state index contributed by atoms with van der Waals surface area (Å²) in [5, 5.41) is 23.5. The minimum atomic E-state index is -0.747. The number of carbonyl (C=O) groups excluding carboxylic acids is 1. The first-order valence-electron chi connectivity index (χ1n) is 15.1. The molecule has 0 aliphatic carbocycles. The number of nitrogens with zero attached hydrogens (tertiary/aromatic N) is 6. The maximum absolute atomic E-state index is 16.1. The Kier molecular flexibility index (Phi) is 7.45. The lowest BCUT2D eigenvalue weighted by molar-refractivity contribution is -0.129. The van der Waals surface area contributed by atoms with Gasteiger partial charge >= 0.3 is 0 Å². The summed E-state index contributed by atoms with van der Waals surface area (Å²) in [5.41, 5.74) is 5.12. The lowest BCUT2D eigenvalue weighted by Gasteiger charge is -2.36. The number of hydrogen-bond donors (Lipinski definition) is 1. The Balaban J connectivity index is 1.51. The highest BCUT2D eigenvalue weighted by atomic mass is 32.1. The fraction of sp³-hybridized carbons (Fsp3) is 0.257. The molecule has 0 saturated carbocycles. The standard InChI is InChI=1S/C35H33FN6O3S/c1-6-30(44)41-16-19(2)42-28(21(41)4)15-27(39-42)34-32(31-25(36)8-7-9-29(31)45-18-20(3)43)35-24(12-13-46-35)33(37-34)22-10-11-23-17-40(5)38-26(23)14-22/h6-15,17,19-21,43H,1,16,18H2,2-5H3/t19-,20+,21+/m0/s1. The van der Waals surface area contributed by atoms with Crippen LogP contribution in [0.25, 0.3) is 54.8 Å². The van der Waals surface area contributed by atoms with Gasteiger partial charge in [-0.2, -0.15) is 10.2 Å². The molecule has 0 bridgehead atoms. The van der Waals surface area contributed by atoms with Crippen molar-refractivity contribution in [3.05, 3.63) is 84.3 Å². The maximum Gasteiger partial charge on any atom is 0.246 e. The van der Waals surface area contributed by atoms with Crippen LogP contribution in [0, 0.1) is 5.82 Å². The van der Waals surface area contributed by atoms with Gasteiger partial charge in [0, 0.05) is 46.4 Å². The SMILES string of the molecule is C=CC(=O)N1C[C@H](C)n2nc(-c3nc(-c4ccc5cn(C)nc5c4)c4ccsc4c3-c3c(F)cccc3OC[C@@H](C)O)cc2[C@H]1C. The number of ether oxygens (including phenoxy) is 1. The predicted molar refractivity (Wildman–Crippen MR) is 178 cm³/mol. The van der Waals surface area contributed by atoms with Crippen LogP contribution < -0.4 is 4.74 Å². The Hall–Kier alpha value is -4.87. The second kappa shape index (κ2) is 11.5. The van der Waals surface area contributed by atoms with Gasteiger partial charge in [-0.15, -0.1) is 11.3 Å². The largest absolute Gasteiger partial charge is 0.490 e. The van der Waals surface area contributed by atoms with Crippen LogP contribution in [0.5, 0.6) is 5.75 Å². The number of aliphatic hydroxyl groups is 1. The van der Waals surface area contributed by atoms with Crippen molar-refractivity contribution in [3.63, 3.8) is 0 Å². The molecule has 0 spiro atoms. The van der Waals surface area contributed by atoms with E-state index in [1.54, 1.807) is 28.6 Å². The summed E-state index contributed by atoms with van der Waals surface area (Å²) in [5.74, 6) is -0.322.